The quantitative estimate of drug-likeness (QED) is 0.111. The Kier molecular flexibility index (Phi) is 13.4. The summed E-state index contributed by atoms with van der Waals surface area (Å²) in [5.41, 5.74) is 0.268. The fourth-order valence-electron chi connectivity index (χ4n) is 3.03. The van der Waals surface area contributed by atoms with E-state index in [9.17, 15) is 47.9 Å². The first-order chi connectivity index (χ1) is 19.0. The number of rotatable bonds is 12. The molecule has 14 nitrogen and oxygen atoms in total. The lowest BCUT2D eigenvalue weighted by Gasteiger charge is -2.19. The van der Waals surface area contributed by atoms with Gasteiger partial charge in [0.25, 0.3) is 0 Å². The lowest BCUT2D eigenvalue weighted by atomic mass is 10.0. The molecule has 1 heterocycles. The van der Waals surface area contributed by atoms with Crippen molar-refractivity contribution >= 4 is 51.2 Å². The van der Waals surface area contributed by atoms with Crippen molar-refractivity contribution in [3.63, 3.8) is 0 Å². The third kappa shape index (κ3) is 12.9. The van der Waals surface area contributed by atoms with Gasteiger partial charge in [-0.3, -0.25) is 24.5 Å². The molecule has 6 N–H and O–H groups in total. The molecule has 1 aromatic carbocycles. The number of aliphatic carboxylic acids is 2. The largest absolute Gasteiger partial charge is 0.502 e. The molecule has 224 valence electrons. The number of anilines is 1. The SMILES string of the molecule is Cc1ccnc(NCCCC(=O)NCC(=O)NC(CC(=O)O)c2cc(Br)cc([N+](=O)[O-])c2O)c1.O=C(O)C(F)(F)F. The van der Waals surface area contributed by atoms with Crippen LogP contribution in [0.2, 0.25) is 0 Å². The van der Waals surface area contributed by atoms with E-state index in [1.165, 1.54) is 6.07 Å². The highest BCUT2D eigenvalue weighted by molar-refractivity contribution is 9.10. The van der Waals surface area contributed by atoms with Gasteiger partial charge in [0.2, 0.25) is 11.8 Å². The van der Waals surface area contributed by atoms with Gasteiger partial charge in [0.1, 0.15) is 5.82 Å². The molecule has 0 saturated heterocycles. The number of aryl methyl sites for hydroxylation is 1. The van der Waals surface area contributed by atoms with E-state index in [4.69, 9.17) is 9.90 Å². The fourth-order valence-corrected chi connectivity index (χ4v) is 3.50. The molecule has 0 saturated carbocycles. The normalized spacial score (nSPS) is 11.3. The maximum atomic E-state index is 12.3. The number of benzene rings is 1. The van der Waals surface area contributed by atoms with Crippen molar-refractivity contribution in [1.82, 2.24) is 15.6 Å². The maximum absolute atomic E-state index is 12.3. The number of hydrogen-bond donors (Lipinski definition) is 6. The average molecular weight is 652 g/mol. The van der Waals surface area contributed by atoms with E-state index in [-0.39, 0.29) is 22.4 Å². The molecule has 1 unspecified atom stereocenters. The van der Waals surface area contributed by atoms with Gasteiger partial charge in [-0.05, 0) is 37.1 Å². The van der Waals surface area contributed by atoms with Crippen LogP contribution in [-0.4, -0.2) is 68.2 Å². The summed E-state index contributed by atoms with van der Waals surface area (Å²) in [6.45, 7) is 2.00. The molecule has 2 amide bonds. The summed E-state index contributed by atoms with van der Waals surface area (Å²) in [5, 5.41) is 45.6. The van der Waals surface area contributed by atoms with Crippen LogP contribution in [0.25, 0.3) is 0 Å². The molecular formula is C23H25BrF3N5O9. The standard InChI is InChI=1S/C21H24BrN5O7.C2HF3O2/c1-12-4-6-24-17(7-12)23-5-2-3-18(28)25-11-19(29)26-15(10-20(30)31)14-8-13(22)9-16(21(14)32)27(33)34;3-2(4,5)1(6)7/h4,6-9,15,32H,2-3,5,10-11H2,1H3,(H,23,24)(H,25,28)(H,26,29)(H,30,31);(H,6,7). The van der Waals surface area contributed by atoms with Crippen molar-refractivity contribution in [2.45, 2.75) is 38.4 Å². The van der Waals surface area contributed by atoms with E-state index < -0.39 is 59.4 Å². The molecule has 0 aliphatic carbocycles. The minimum Gasteiger partial charge on any atom is -0.502 e. The second-order valence-corrected chi connectivity index (χ2v) is 9.08. The summed E-state index contributed by atoms with van der Waals surface area (Å²) in [5.74, 6) is -5.22. The molecule has 18 heteroatoms. The number of pyridine rings is 1. The number of aromatic hydroxyl groups is 1. The van der Waals surface area contributed by atoms with Gasteiger partial charge in [0.05, 0.1) is 23.9 Å². The Hall–Kier alpha value is -4.48. The molecule has 41 heavy (non-hydrogen) atoms. The van der Waals surface area contributed by atoms with E-state index >= 15 is 0 Å². The number of hydrogen-bond acceptors (Lipinski definition) is 9. The van der Waals surface area contributed by atoms with Gasteiger partial charge >= 0.3 is 23.8 Å². The highest BCUT2D eigenvalue weighted by Gasteiger charge is 2.38. The van der Waals surface area contributed by atoms with Crippen LogP contribution in [-0.2, 0) is 19.2 Å². The van der Waals surface area contributed by atoms with Crippen molar-refractivity contribution in [1.29, 1.82) is 0 Å². The second kappa shape index (κ2) is 15.9. The Morgan fingerprint density at radius 3 is 2.32 bits per heavy atom. The molecule has 1 aromatic heterocycles. The summed E-state index contributed by atoms with van der Waals surface area (Å²) in [6.07, 6.45) is -3.42. The van der Waals surface area contributed by atoms with Crippen LogP contribution in [0.4, 0.5) is 24.7 Å². The van der Waals surface area contributed by atoms with Crippen molar-refractivity contribution in [2.24, 2.45) is 0 Å². The van der Waals surface area contributed by atoms with E-state index in [1.807, 2.05) is 19.1 Å². The molecule has 0 spiro atoms. The number of carboxylic acids is 2. The number of nitro benzene ring substituents is 1. The fraction of sp³-hybridized carbons (Fsp3) is 0.348. The molecule has 0 bridgehead atoms. The Balaban J connectivity index is 0.00000106. The number of phenols is 1. The van der Waals surface area contributed by atoms with E-state index in [0.717, 1.165) is 11.6 Å². The zero-order valence-electron chi connectivity index (χ0n) is 21.2. The second-order valence-electron chi connectivity index (χ2n) is 8.17. The first-order valence-electron chi connectivity index (χ1n) is 11.4. The van der Waals surface area contributed by atoms with Gasteiger partial charge in [-0.15, -0.1) is 0 Å². The van der Waals surface area contributed by atoms with Crippen LogP contribution >= 0.6 is 15.9 Å². The number of halogens is 4. The number of phenolic OH excluding ortho intramolecular Hbond substituents is 1. The third-order valence-electron chi connectivity index (χ3n) is 4.86. The van der Waals surface area contributed by atoms with E-state index in [2.05, 4.69) is 36.9 Å². The number of amides is 2. The summed E-state index contributed by atoms with van der Waals surface area (Å²) in [7, 11) is 0. The Labute approximate surface area is 238 Å². The Bertz CT molecular complexity index is 1280. The van der Waals surface area contributed by atoms with Gasteiger partial charge in [0.15, 0.2) is 5.75 Å². The summed E-state index contributed by atoms with van der Waals surface area (Å²) >= 11 is 3.07. The smallest absolute Gasteiger partial charge is 0.490 e. The Morgan fingerprint density at radius 1 is 1.15 bits per heavy atom. The van der Waals surface area contributed by atoms with Crippen LogP contribution in [0.5, 0.6) is 5.75 Å². The number of alkyl halides is 3. The van der Waals surface area contributed by atoms with Gasteiger partial charge in [0, 0.05) is 35.3 Å². The molecule has 0 radical (unpaired) electrons. The van der Waals surface area contributed by atoms with Crippen molar-refractivity contribution in [3.8, 4) is 5.75 Å². The van der Waals surface area contributed by atoms with Gasteiger partial charge in [-0.25, -0.2) is 9.78 Å². The number of carboxylic acid groups (broad SMARTS) is 2. The van der Waals surface area contributed by atoms with Crippen LogP contribution in [0.1, 0.15) is 36.4 Å². The number of carbonyl (C=O) groups is 4. The van der Waals surface area contributed by atoms with Crippen LogP contribution < -0.4 is 16.0 Å². The zero-order chi connectivity index (χ0) is 31.3. The lowest BCUT2D eigenvalue weighted by molar-refractivity contribution is -0.386. The minimum atomic E-state index is -5.08. The van der Waals surface area contributed by atoms with Crippen LogP contribution in [0.15, 0.2) is 34.9 Å². The molecule has 0 aliphatic heterocycles. The Morgan fingerprint density at radius 2 is 1.78 bits per heavy atom. The number of nitrogens with zero attached hydrogens (tertiary/aromatic N) is 2. The molecule has 2 aromatic rings. The molecule has 1 atom stereocenters. The van der Waals surface area contributed by atoms with Gasteiger partial charge < -0.3 is 31.3 Å². The minimum absolute atomic E-state index is 0.140. The van der Waals surface area contributed by atoms with E-state index in [1.54, 1.807) is 6.20 Å². The van der Waals surface area contributed by atoms with Crippen molar-refractivity contribution < 1.29 is 52.6 Å². The van der Waals surface area contributed by atoms with Crippen LogP contribution in [0, 0.1) is 17.0 Å². The number of nitrogens with one attached hydrogen (secondary N) is 3. The molecule has 0 fully saturated rings. The topological polar surface area (TPSA) is 221 Å². The predicted octanol–water partition coefficient (Wildman–Crippen LogP) is 3.04. The molecule has 2 rings (SSSR count). The third-order valence-corrected chi connectivity index (χ3v) is 5.32. The highest BCUT2D eigenvalue weighted by atomic mass is 79.9. The summed E-state index contributed by atoms with van der Waals surface area (Å²) in [6, 6.07) is 4.82. The van der Waals surface area contributed by atoms with Crippen LogP contribution in [0.3, 0.4) is 0 Å². The number of carbonyl (C=O) groups excluding carboxylic acids is 2. The predicted molar refractivity (Wildman–Crippen MR) is 139 cm³/mol. The first-order valence-corrected chi connectivity index (χ1v) is 12.2. The van der Waals surface area contributed by atoms with Gasteiger partial charge in [-0.2, -0.15) is 13.2 Å². The zero-order valence-corrected chi connectivity index (χ0v) is 22.8. The summed E-state index contributed by atoms with van der Waals surface area (Å²) < 4.78 is 32.0. The monoisotopic (exact) mass is 651 g/mol. The number of nitro groups is 1. The number of aromatic nitrogens is 1. The average Bonchev–Trinajstić information content (AvgIpc) is 2.85. The first kappa shape index (κ1) is 34.5. The van der Waals surface area contributed by atoms with E-state index in [0.29, 0.717) is 18.8 Å². The van der Waals surface area contributed by atoms with Crippen molar-refractivity contribution in [3.05, 3.63) is 56.2 Å². The highest BCUT2D eigenvalue weighted by Crippen LogP contribution is 2.37. The summed E-state index contributed by atoms with van der Waals surface area (Å²) in [4.78, 5) is 58.9. The van der Waals surface area contributed by atoms with Crippen molar-refractivity contribution in [2.75, 3.05) is 18.4 Å². The lowest BCUT2D eigenvalue weighted by Crippen LogP contribution is -2.39. The molecular weight excluding hydrogens is 627 g/mol. The molecule has 0 aliphatic rings. The van der Waals surface area contributed by atoms with Gasteiger partial charge in [-0.1, -0.05) is 15.9 Å². The maximum Gasteiger partial charge on any atom is 0.490 e.